The van der Waals surface area contributed by atoms with Gasteiger partial charge >= 0.3 is 0 Å². The summed E-state index contributed by atoms with van der Waals surface area (Å²) in [6.45, 7) is 4.62. The molecule has 2 N–H and O–H groups in total. The van der Waals surface area contributed by atoms with Gasteiger partial charge in [-0.15, -0.1) is 11.3 Å². The van der Waals surface area contributed by atoms with Crippen LogP contribution in [0.3, 0.4) is 0 Å². The Morgan fingerprint density at radius 2 is 1.84 bits per heavy atom. The van der Waals surface area contributed by atoms with Crippen LogP contribution in [0.1, 0.15) is 26.4 Å². The highest BCUT2D eigenvalue weighted by atomic mass is 32.1. The summed E-state index contributed by atoms with van der Waals surface area (Å²) in [5, 5.41) is 7.43. The first kappa shape index (κ1) is 23.1. The van der Waals surface area contributed by atoms with Gasteiger partial charge in [-0.3, -0.25) is 9.59 Å². The summed E-state index contributed by atoms with van der Waals surface area (Å²) >= 11 is 1.48. The lowest BCUT2D eigenvalue weighted by Crippen LogP contribution is -2.36. The predicted octanol–water partition coefficient (Wildman–Crippen LogP) is 4.34. The van der Waals surface area contributed by atoms with Gasteiger partial charge in [0.15, 0.2) is 0 Å². The lowest BCUT2D eigenvalue weighted by Gasteiger charge is -2.13. The van der Waals surface area contributed by atoms with Gasteiger partial charge in [0.2, 0.25) is 0 Å². The minimum atomic E-state index is -0.385. The molecule has 2 amide bonds. The van der Waals surface area contributed by atoms with Gasteiger partial charge in [-0.2, -0.15) is 0 Å². The second kappa shape index (κ2) is 11.2. The van der Waals surface area contributed by atoms with Crippen molar-refractivity contribution in [2.45, 2.75) is 13.8 Å². The molecule has 0 fully saturated rings. The maximum absolute atomic E-state index is 12.8. The molecule has 0 atom stereocenters. The molecule has 3 aromatic rings. The molecule has 0 aliphatic carbocycles. The molecule has 3 rings (SSSR count). The standard InChI is InChI=1S/C25H26N2O4S/c1-17-6-11-23(18(2)15-17)31-13-12-26-25(29)22(16-21-5-4-14-32-21)27-24(28)19-7-9-20(30-3)10-8-19/h4-11,14-16H,12-13H2,1-3H3,(H,26,29)(H,27,28)/b22-16-. The molecule has 32 heavy (non-hydrogen) atoms. The molecule has 0 saturated heterocycles. The van der Waals surface area contributed by atoms with Crippen LogP contribution in [-0.4, -0.2) is 32.1 Å². The summed E-state index contributed by atoms with van der Waals surface area (Å²) in [5.41, 5.74) is 2.80. The van der Waals surface area contributed by atoms with Crippen molar-refractivity contribution in [3.05, 3.63) is 87.2 Å². The molecule has 6 nitrogen and oxygen atoms in total. The van der Waals surface area contributed by atoms with Gasteiger partial charge in [0.1, 0.15) is 23.8 Å². The van der Waals surface area contributed by atoms with E-state index >= 15 is 0 Å². The number of ether oxygens (including phenoxy) is 2. The van der Waals surface area contributed by atoms with Crippen LogP contribution in [0.2, 0.25) is 0 Å². The number of nitrogens with one attached hydrogen (secondary N) is 2. The van der Waals surface area contributed by atoms with E-state index in [1.165, 1.54) is 16.9 Å². The number of aryl methyl sites for hydroxylation is 2. The van der Waals surface area contributed by atoms with Crippen molar-refractivity contribution in [2.75, 3.05) is 20.3 Å². The number of benzene rings is 2. The Morgan fingerprint density at radius 1 is 1.06 bits per heavy atom. The zero-order valence-electron chi connectivity index (χ0n) is 18.3. The molecule has 0 bridgehead atoms. The van der Waals surface area contributed by atoms with Crippen LogP contribution in [0.4, 0.5) is 0 Å². The summed E-state index contributed by atoms with van der Waals surface area (Å²) in [6, 6.07) is 16.4. The molecule has 0 saturated carbocycles. The number of rotatable bonds is 9. The van der Waals surface area contributed by atoms with E-state index in [9.17, 15) is 9.59 Å². The predicted molar refractivity (Wildman–Crippen MR) is 127 cm³/mol. The quantitative estimate of drug-likeness (QED) is 0.376. The van der Waals surface area contributed by atoms with Gasteiger partial charge in [0.25, 0.3) is 11.8 Å². The number of carbonyl (C=O) groups is 2. The molecule has 1 aromatic heterocycles. The second-order valence-electron chi connectivity index (χ2n) is 7.13. The van der Waals surface area contributed by atoms with Crippen LogP contribution in [0.25, 0.3) is 6.08 Å². The van der Waals surface area contributed by atoms with Crippen molar-refractivity contribution in [1.82, 2.24) is 10.6 Å². The maximum atomic E-state index is 12.8. The topological polar surface area (TPSA) is 76.7 Å². The lowest BCUT2D eigenvalue weighted by atomic mass is 10.1. The van der Waals surface area contributed by atoms with E-state index in [1.807, 2.05) is 49.6 Å². The Balaban J connectivity index is 1.62. The fourth-order valence-corrected chi connectivity index (χ4v) is 3.65. The van der Waals surface area contributed by atoms with Crippen LogP contribution in [-0.2, 0) is 4.79 Å². The molecule has 0 aliphatic rings. The average Bonchev–Trinajstić information content (AvgIpc) is 3.30. The average molecular weight is 451 g/mol. The number of carbonyl (C=O) groups excluding carboxylic acids is 2. The van der Waals surface area contributed by atoms with E-state index in [-0.39, 0.29) is 17.5 Å². The number of methoxy groups -OCH3 is 1. The van der Waals surface area contributed by atoms with Crippen LogP contribution >= 0.6 is 11.3 Å². The van der Waals surface area contributed by atoms with Crippen molar-refractivity contribution in [3.63, 3.8) is 0 Å². The zero-order chi connectivity index (χ0) is 22.9. The van der Waals surface area contributed by atoms with Crippen molar-refractivity contribution >= 4 is 29.2 Å². The normalized spacial score (nSPS) is 11.0. The molecule has 166 valence electrons. The Labute approximate surface area is 191 Å². The van der Waals surface area contributed by atoms with Gasteiger partial charge in [-0.25, -0.2) is 0 Å². The molecule has 1 heterocycles. The molecule has 7 heteroatoms. The minimum absolute atomic E-state index is 0.166. The first-order chi connectivity index (χ1) is 15.5. The van der Waals surface area contributed by atoms with Crippen molar-refractivity contribution < 1.29 is 19.1 Å². The lowest BCUT2D eigenvalue weighted by molar-refractivity contribution is -0.117. The van der Waals surface area contributed by atoms with Crippen molar-refractivity contribution in [1.29, 1.82) is 0 Å². The van der Waals surface area contributed by atoms with E-state index in [2.05, 4.69) is 10.6 Å². The summed E-state index contributed by atoms with van der Waals surface area (Å²) in [6.07, 6.45) is 1.66. The van der Waals surface area contributed by atoms with Gasteiger partial charge in [-0.05, 0) is 67.3 Å². The number of thiophene rings is 1. The monoisotopic (exact) mass is 450 g/mol. The van der Waals surface area contributed by atoms with Crippen molar-refractivity contribution in [3.8, 4) is 11.5 Å². The van der Waals surface area contributed by atoms with Gasteiger partial charge in [0.05, 0.1) is 13.7 Å². The van der Waals surface area contributed by atoms with Gasteiger partial charge in [0, 0.05) is 10.4 Å². The SMILES string of the molecule is COc1ccc(C(=O)N/C(=C\c2cccs2)C(=O)NCCOc2ccc(C)cc2C)cc1. The van der Waals surface area contributed by atoms with E-state index in [0.717, 1.165) is 16.2 Å². The molecule has 0 aliphatic heterocycles. The fraction of sp³-hybridized carbons (Fsp3) is 0.200. The Morgan fingerprint density at radius 3 is 2.50 bits per heavy atom. The van der Waals surface area contributed by atoms with E-state index < -0.39 is 0 Å². The van der Waals surface area contributed by atoms with Crippen LogP contribution in [0.5, 0.6) is 11.5 Å². The number of amides is 2. The summed E-state index contributed by atoms with van der Waals surface area (Å²) in [5.74, 6) is 0.672. The summed E-state index contributed by atoms with van der Waals surface area (Å²) in [7, 11) is 1.56. The van der Waals surface area contributed by atoms with E-state index in [0.29, 0.717) is 24.5 Å². The third kappa shape index (κ3) is 6.46. The second-order valence-corrected chi connectivity index (χ2v) is 8.11. The van der Waals surface area contributed by atoms with Crippen LogP contribution in [0, 0.1) is 13.8 Å². The maximum Gasteiger partial charge on any atom is 0.267 e. The zero-order valence-corrected chi connectivity index (χ0v) is 19.1. The van der Waals surface area contributed by atoms with Crippen molar-refractivity contribution in [2.24, 2.45) is 0 Å². The largest absolute Gasteiger partial charge is 0.497 e. The Hall–Kier alpha value is -3.58. The molecule has 0 radical (unpaired) electrons. The molecule has 0 spiro atoms. The molecular weight excluding hydrogens is 424 g/mol. The Kier molecular flexibility index (Phi) is 8.05. The third-order valence-electron chi connectivity index (χ3n) is 4.65. The molecule has 2 aromatic carbocycles. The Bertz CT molecular complexity index is 1090. The van der Waals surface area contributed by atoms with E-state index in [4.69, 9.17) is 9.47 Å². The highest BCUT2D eigenvalue weighted by molar-refractivity contribution is 7.10. The van der Waals surface area contributed by atoms with Gasteiger partial charge in [-0.1, -0.05) is 23.8 Å². The van der Waals surface area contributed by atoms with Gasteiger partial charge < -0.3 is 20.1 Å². The van der Waals surface area contributed by atoms with Crippen LogP contribution < -0.4 is 20.1 Å². The highest BCUT2D eigenvalue weighted by Gasteiger charge is 2.15. The first-order valence-corrected chi connectivity index (χ1v) is 11.0. The minimum Gasteiger partial charge on any atom is -0.497 e. The summed E-state index contributed by atoms with van der Waals surface area (Å²) < 4.78 is 10.9. The number of hydrogen-bond acceptors (Lipinski definition) is 5. The smallest absolute Gasteiger partial charge is 0.267 e. The summed E-state index contributed by atoms with van der Waals surface area (Å²) in [4.78, 5) is 26.3. The number of hydrogen-bond donors (Lipinski definition) is 2. The first-order valence-electron chi connectivity index (χ1n) is 10.1. The van der Waals surface area contributed by atoms with E-state index in [1.54, 1.807) is 37.5 Å². The fourth-order valence-electron chi connectivity index (χ4n) is 2.99. The molecular formula is C25H26N2O4S. The molecule has 0 unspecified atom stereocenters. The highest BCUT2D eigenvalue weighted by Crippen LogP contribution is 2.18. The third-order valence-corrected chi connectivity index (χ3v) is 5.47. The van der Waals surface area contributed by atoms with Crippen LogP contribution in [0.15, 0.2) is 65.7 Å².